The molecule has 0 aliphatic carbocycles. The normalized spacial score (nSPS) is 15.7. The minimum absolute atomic E-state index is 0.0189. The quantitative estimate of drug-likeness (QED) is 0.498. The Labute approximate surface area is 185 Å². The van der Waals surface area contributed by atoms with Gasteiger partial charge in [-0.2, -0.15) is 0 Å². The molecule has 30 heavy (non-hydrogen) atoms. The number of halogens is 2. The number of rotatable bonds is 4. The fraction of sp³-hybridized carbons (Fsp3) is 0.208. The summed E-state index contributed by atoms with van der Waals surface area (Å²) in [6.07, 6.45) is 0.255. The largest absolute Gasteiger partial charge is 0.493 e. The Balaban J connectivity index is 1.97. The summed E-state index contributed by atoms with van der Waals surface area (Å²) in [4.78, 5) is 15.1. The molecule has 0 fully saturated rings. The number of aryl methyl sites for hydroxylation is 1. The second kappa shape index (κ2) is 8.21. The molecule has 0 N–H and O–H groups in total. The number of nitrogens with zero attached hydrogens (tertiary/aromatic N) is 1. The minimum Gasteiger partial charge on any atom is -0.493 e. The van der Waals surface area contributed by atoms with E-state index in [-0.39, 0.29) is 12.3 Å². The molecule has 0 unspecified atom stereocenters. The van der Waals surface area contributed by atoms with Crippen LogP contribution in [-0.2, 0) is 11.2 Å². The third-order valence-electron chi connectivity index (χ3n) is 5.38. The molecule has 0 saturated heterocycles. The number of amides is 1. The third-order valence-corrected chi connectivity index (χ3v) is 5.94. The van der Waals surface area contributed by atoms with Crippen LogP contribution in [-0.4, -0.2) is 20.1 Å². The van der Waals surface area contributed by atoms with Gasteiger partial charge in [0, 0.05) is 15.7 Å². The first-order chi connectivity index (χ1) is 14.4. The summed E-state index contributed by atoms with van der Waals surface area (Å²) >= 11 is 12.8. The number of hydrogen-bond donors (Lipinski definition) is 0. The maximum Gasteiger partial charge on any atom is 0.232 e. The molecule has 0 bridgehead atoms. The maximum atomic E-state index is 13.3. The van der Waals surface area contributed by atoms with E-state index in [0.717, 1.165) is 27.9 Å². The molecule has 1 heterocycles. The highest BCUT2D eigenvalue weighted by atomic mass is 35.5. The smallest absolute Gasteiger partial charge is 0.232 e. The Hall–Kier alpha value is -2.69. The van der Waals surface area contributed by atoms with Crippen molar-refractivity contribution in [2.24, 2.45) is 0 Å². The van der Waals surface area contributed by atoms with Gasteiger partial charge in [0.05, 0.1) is 26.7 Å². The second-order valence-electron chi connectivity index (χ2n) is 7.25. The SMILES string of the molecule is COc1cc2c(cc1OC)[C@H](c1ccc(Cl)cc1Cl)N(c1ccc(C)cc1)C(=O)C2. The van der Waals surface area contributed by atoms with Crippen LogP contribution in [0.1, 0.15) is 28.3 Å². The zero-order valence-electron chi connectivity index (χ0n) is 16.9. The number of anilines is 1. The number of ether oxygens (including phenoxy) is 2. The second-order valence-corrected chi connectivity index (χ2v) is 8.09. The van der Waals surface area contributed by atoms with Gasteiger partial charge in [-0.25, -0.2) is 0 Å². The van der Waals surface area contributed by atoms with Crippen LogP contribution in [0.4, 0.5) is 5.69 Å². The summed E-state index contributed by atoms with van der Waals surface area (Å²) in [6.45, 7) is 2.02. The van der Waals surface area contributed by atoms with Crippen molar-refractivity contribution in [1.82, 2.24) is 0 Å². The number of hydrogen-bond acceptors (Lipinski definition) is 3. The van der Waals surface area contributed by atoms with Crippen LogP contribution in [0.15, 0.2) is 54.6 Å². The van der Waals surface area contributed by atoms with E-state index < -0.39 is 6.04 Å². The Kier molecular flexibility index (Phi) is 5.63. The van der Waals surface area contributed by atoms with Gasteiger partial charge < -0.3 is 14.4 Å². The predicted molar refractivity (Wildman–Crippen MR) is 120 cm³/mol. The van der Waals surface area contributed by atoms with Crippen LogP contribution >= 0.6 is 23.2 Å². The summed E-state index contributed by atoms with van der Waals surface area (Å²) in [7, 11) is 3.18. The van der Waals surface area contributed by atoms with Gasteiger partial charge in [0.15, 0.2) is 11.5 Å². The fourth-order valence-electron chi connectivity index (χ4n) is 3.90. The molecule has 0 saturated carbocycles. The van der Waals surface area contributed by atoms with Crippen LogP contribution in [0, 0.1) is 6.92 Å². The standard InChI is InChI=1S/C24H21Cl2NO3/c1-14-4-7-17(8-5-14)27-23(28)11-15-10-21(29-2)22(30-3)13-19(15)24(27)18-9-6-16(25)12-20(18)26/h4-10,12-13,24H,11H2,1-3H3/t24-/m0/s1. The van der Waals surface area contributed by atoms with Gasteiger partial charge in [-0.3, -0.25) is 4.79 Å². The zero-order valence-corrected chi connectivity index (χ0v) is 18.4. The highest BCUT2D eigenvalue weighted by Crippen LogP contribution is 2.45. The Morgan fingerprint density at radius 3 is 2.20 bits per heavy atom. The van der Waals surface area contributed by atoms with Gasteiger partial charge in [0.2, 0.25) is 5.91 Å². The highest BCUT2D eigenvalue weighted by molar-refractivity contribution is 6.35. The molecule has 154 valence electrons. The summed E-state index contributed by atoms with van der Waals surface area (Å²) in [5.41, 5.74) is 4.55. The fourth-order valence-corrected chi connectivity index (χ4v) is 4.42. The van der Waals surface area contributed by atoms with Crippen molar-refractivity contribution >= 4 is 34.8 Å². The number of benzene rings is 3. The molecule has 0 radical (unpaired) electrons. The topological polar surface area (TPSA) is 38.8 Å². The van der Waals surface area contributed by atoms with E-state index in [9.17, 15) is 4.79 Å². The van der Waals surface area contributed by atoms with Gasteiger partial charge in [0.1, 0.15) is 0 Å². The lowest BCUT2D eigenvalue weighted by Gasteiger charge is -2.38. The molecule has 1 atom stereocenters. The van der Waals surface area contributed by atoms with Gasteiger partial charge in [-0.1, -0.05) is 47.0 Å². The average molecular weight is 442 g/mol. The van der Waals surface area contributed by atoms with Crippen LogP contribution in [0.3, 0.4) is 0 Å². The van der Waals surface area contributed by atoms with Crippen LogP contribution in [0.5, 0.6) is 11.5 Å². The number of carbonyl (C=O) groups excluding carboxylic acids is 1. The third kappa shape index (κ3) is 3.62. The summed E-state index contributed by atoms with van der Waals surface area (Å²) in [5.74, 6) is 1.17. The van der Waals surface area contributed by atoms with Crippen molar-refractivity contribution in [2.75, 3.05) is 19.1 Å². The number of carbonyl (C=O) groups is 1. The molecule has 6 heteroatoms. The van der Waals surface area contributed by atoms with E-state index in [2.05, 4.69) is 0 Å². The monoisotopic (exact) mass is 441 g/mol. The van der Waals surface area contributed by atoms with Crippen molar-refractivity contribution in [3.05, 3.63) is 86.9 Å². The van der Waals surface area contributed by atoms with E-state index in [1.54, 1.807) is 31.3 Å². The van der Waals surface area contributed by atoms with Crippen molar-refractivity contribution in [1.29, 1.82) is 0 Å². The van der Waals surface area contributed by atoms with Gasteiger partial charge in [0.25, 0.3) is 0 Å². The molecule has 0 aromatic heterocycles. The average Bonchev–Trinajstić information content (AvgIpc) is 2.73. The van der Waals surface area contributed by atoms with E-state index in [4.69, 9.17) is 32.7 Å². The molecule has 3 aromatic carbocycles. The van der Waals surface area contributed by atoms with Gasteiger partial charge >= 0.3 is 0 Å². The van der Waals surface area contributed by atoms with Crippen molar-refractivity contribution < 1.29 is 14.3 Å². The van der Waals surface area contributed by atoms with Gasteiger partial charge in [-0.15, -0.1) is 0 Å². The Morgan fingerprint density at radius 2 is 1.57 bits per heavy atom. The first kappa shape index (κ1) is 20.6. The van der Waals surface area contributed by atoms with E-state index in [1.807, 2.05) is 49.4 Å². The lowest BCUT2D eigenvalue weighted by Crippen LogP contribution is -2.41. The zero-order chi connectivity index (χ0) is 21.4. The number of methoxy groups -OCH3 is 2. The lowest BCUT2D eigenvalue weighted by atomic mass is 9.86. The molecule has 4 rings (SSSR count). The summed E-state index contributed by atoms with van der Waals surface area (Å²) in [6, 6.07) is 16.6. The molecule has 0 spiro atoms. The molecule has 4 nitrogen and oxygen atoms in total. The Bertz CT molecular complexity index is 1110. The molecule has 3 aromatic rings. The van der Waals surface area contributed by atoms with Crippen molar-refractivity contribution in [3.8, 4) is 11.5 Å². The first-order valence-corrected chi connectivity index (χ1v) is 10.3. The Morgan fingerprint density at radius 1 is 0.900 bits per heavy atom. The van der Waals surface area contributed by atoms with Crippen LogP contribution in [0.2, 0.25) is 10.0 Å². The molecule has 1 amide bonds. The van der Waals surface area contributed by atoms with Crippen LogP contribution < -0.4 is 14.4 Å². The first-order valence-electron chi connectivity index (χ1n) is 9.51. The maximum absolute atomic E-state index is 13.3. The predicted octanol–water partition coefficient (Wildman–Crippen LogP) is 6.00. The van der Waals surface area contributed by atoms with Gasteiger partial charge in [-0.05, 0) is 60.0 Å². The summed E-state index contributed by atoms with van der Waals surface area (Å²) < 4.78 is 11.0. The number of fused-ring (bicyclic) bond motifs is 1. The molecule has 1 aliphatic heterocycles. The van der Waals surface area contributed by atoms with E-state index >= 15 is 0 Å². The molecular formula is C24H21Cl2NO3. The summed E-state index contributed by atoms with van der Waals surface area (Å²) in [5, 5.41) is 1.04. The van der Waals surface area contributed by atoms with Crippen LogP contribution in [0.25, 0.3) is 0 Å². The minimum atomic E-state index is -0.423. The van der Waals surface area contributed by atoms with E-state index in [1.165, 1.54) is 0 Å². The lowest BCUT2D eigenvalue weighted by molar-refractivity contribution is -0.118. The highest BCUT2D eigenvalue weighted by Gasteiger charge is 2.36. The molecular weight excluding hydrogens is 421 g/mol. The van der Waals surface area contributed by atoms with Crippen molar-refractivity contribution in [3.63, 3.8) is 0 Å². The van der Waals surface area contributed by atoms with Crippen molar-refractivity contribution in [2.45, 2.75) is 19.4 Å². The molecule has 1 aliphatic rings. The van der Waals surface area contributed by atoms with E-state index in [0.29, 0.717) is 21.5 Å².